The van der Waals surface area contributed by atoms with Crippen LogP contribution in [0.1, 0.15) is 111 Å². The Morgan fingerprint density at radius 2 is 1.57 bits per heavy atom. The highest BCUT2D eigenvalue weighted by atomic mass is 19.1. The molecule has 1 aromatic heterocycles. The summed E-state index contributed by atoms with van der Waals surface area (Å²) in [5, 5.41) is 0.817. The number of halogens is 1. The van der Waals surface area contributed by atoms with Crippen molar-refractivity contribution in [3.63, 3.8) is 0 Å². The first-order chi connectivity index (χ1) is 17.1. The predicted molar refractivity (Wildman–Crippen MR) is 143 cm³/mol. The largest absolute Gasteiger partial charge is 0.427 e. The average Bonchev–Trinajstić information content (AvgIpc) is 2.89. The van der Waals surface area contributed by atoms with Crippen LogP contribution in [0.15, 0.2) is 58.3 Å². The molecule has 2 aromatic carbocycles. The highest BCUT2D eigenvalue weighted by molar-refractivity contribution is 5.83. The molecule has 0 N–H and O–H groups in total. The van der Waals surface area contributed by atoms with Crippen molar-refractivity contribution in [2.24, 2.45) is 5.92 Å². The Morgan fingerprint density at radius 1 is 0.914 bits per heavy atom. The van der Waals surface area contributed by atoms with E-state index in [0.717, 1.165) is 68.6 Å². The maximum atomic E-state index is 15.6. The monoisotopic (exact) mass is 472 g/mol. The van der Waals surface area contributed by atoms with E-state index in [0.29, 0.717) is 16.9 Å². The second-order valence-corrected chi connectivity index (χ2v) is 10.8. The Kier molecular flexibility index (Phi) is 7.22. The minimum atomic E-state index is -0.515. The van der Waals surface area contributed by atoms with Gasteiger partial charge in [0.1, 0.15) is 17.0 Å². The molecule has 0 unspecified atom stereocenters. The number of hydrogen-bond donors (Lipinski definition) is 0. The summed E-state index contributed by atoms with van der Waals surface area (Å²) < 4.78 is 21.3. The van der Waals surface area contributed by atoms with Crippen molar-refractivity contribution in [1.29, 1.82) is 0 Å². The molecule has 0 atom stereocenters. The van der Waals surface area contributed by atoms with Crippen LogP contribution < -0.4 is 5.63 Å². The molecule has 3 heteroatoms. The molecule has 5 rings (SSSR count). The summed E-state index contributed by atoms with van der Waals surface area (Å²) in [6.07, 6.45) is 12.8. The van der Waals surface area contributed by atoms with Crippen LogP contribution in [0, 0.1) is 11.7 Å². The van der Waals surface area contributed by atoms with Crippen LogP contribution in [0.25, 0.3) is 16.8 Å². The number of benzene rings is 2. The van der Waals surface area contributed by atoms with Crippen LogP contribution in [-0.2, 0) is 0 Å². The fraction of sp³-hybridized carbons (Fsp3) is 0.469. The van der Waals surface area contributed by atoms with Crippen molar-refractivity contribution in [3.8, 4) is 0 Å². The van der Waals surface area contributed by atoms with Gasteiger partial charge in [-0.05, 0) is 97.3 Å². The molecule has 0 saturated heterocycles. The lowest BCUT2D eigenvalue weighted by molar-refractivity contribution is 0.304. The van der Waals surface area contributed by atoms with E-state index < -0.39 is 5.63 Å². The van der Waals surface area contributed by atoms with E-state index in [4.69, 9.17) is 4.42 Å². The molecule has 3 aromatic rings. The number of fused-ring (bicyclic) bond motifs is 1. The van der Waals surface area contributed by atoms with E-state index in [2.05, 4.69) is 37.8 Å². The Bertz CT molecular complexity index is 1220. The van der Waals surface area contributed by atoms with Gasteiger partial charge in [0, 0.05) is 5.92 Å². The Labute approximate surface area is 208 Å². The predicted octanol–water partition coefficient (Wildman–Crippen LogP) is 9.09. The first kappa shape index (κ1) is 24.0. The van der Waals surface area contributed by atoms with Gasteiger partial charge in [-0.3, -0.25) is 0 Å². The van der Waals surface area contributed by atoms with E-state index in [-0.39, 0.29) is 23.0 Å². The van der Waals surface area contributed by atoms with Gasteiger partial charge in [0.25, 0.3) is 0 Å². The molecular formula is C32H37FO2. The maximum absolute atomic E-state index is 15.6. The quantitative estimate of drug-likeness (QED) is 0.358. The van der Waals surface area contributed by atoms with E-state index >= 15 is 4.39 Å². The van der Waals surface area contributed by atoms with Crippen LogP contribution in [0.3, 0.4) is 0 Å². The third-order valence-electron chi connectivity index (χ3n) is 8.67. The molecule has 2 fully saturated rings. The highest BCUT2D eigenvalue weighted by Crippen LogP contribution is 2.42. The molecule has 2 aliphatic carbocycles. The number of hydrogen-bond acceptors (Lipinski definition) is 2. The average molecular weight is 473 g/mol. The molecule has 2 nitrogen and oxygen atoms in total. The summed E-state index contributed by atoms with van der Waals surface area (Å²) in [6.45, 7) is 6.06. The fourth-order valence-electron chi connectivity index (χ4n) is 6.58. The molecule has 184 valence electrons. The summed E-state index contributed by atoms with van der Waals surface area (Å²) in [7, 11) is 0. The Balaban J connectivity index is 1.31. The van der Waals surface area contributed by atoms with Crippen molar-refractivity contribution < 1.29 is 8.81 Å². The summed E-state index contributed by atoms with van der Waals surface area (Å²) in [6, 6.07) is 14.4. The highest BCUT2D eigenvalue weighted by Gasteiger charge is 2.28. The topological polar surface area (TPSA) is 30.2 Å². The van der Waals surface area contributed by atoms with Crippen molar-refractivity contribution in [2.75, 3.05) is 0 Å². The first-order valence-electron chi connectivity index (χ1n) is 13.6. The summed E-state index contributed by atoms with van der Waals surface area (Å²) >= 11 is 0. The smallest absolute Gasteiger partial charge is 0.346 e. The van der Waals surface area contributed by atoms with Crippen LogP contribution in [0.2, 0.25) is 0 Å². The lowest BCUT2D eigenvalue weighted by Crippen LogP contribution is -2.16. The van der Waals surface area contributed by atoms with E-state index in [1.165, 1.54) is 18.4 Å². The lowest BCUT2D eigenvalue weighted by atomic mass is 9.76. The minimum absolute atomic E-state index is 0.137. The van der Waals surface area contributed by atoms with Gasteiger partial charge in [-0.25, -0.2) is 9.18 Å². The Morgan fingerprint density at radius 3 is 2.23 bits per heavy atom. The molecule has 1 heterocycles. The van der Waals surface area contributed by atoms with Gasteiger partial charge in [0.05, 0.1) is 0 Å². The van der Waals surface area contributed by atoms with Crippen LogP contribution in [0.5, 0.6) is 0 Å². The van der Waals surface area contributed by atoms with Gasteiger partial charge in [-0.15, -0.1) is 0 Å². The van der Waals surface area contributed by atoms with Crippen LogP contribution in [-0.4, -0.2) is 0 Å². The second kappa shape index (κ2) is 10.5. The molecule has 0 amide bonds. The zero-order chi connectivity index (χ0) is 24.4. The molecule has 0 bridgehead atoms. The molecule has 0 aliphatic heterocycles. The van der Waals surface area contributed by atoms with Gasteiger partial charge in [0.15, 0.2) is 0 Å². The normalized spacial score (nSPS) is 25.0. The molecule has 0 spiro atoms. The van der Waals surface area contributed by atoms with Crippen molar-refractivity contribution in [2.45, 2.75) is 88.9 Å². The van der Waals surface area contributed by atoms with E-state index in [1.807, 2.05) is 24.3 Å². The van der Waals surface area contributed by atoms with E-state index in [9.17, 15) is 4.79 Å². The Hall–Kier alpha value is -2.68. The third kappa shape index (κ3) is 5.01. The molecular weight excluding hydrogens is 435 g/mol. The van der Waals surface area contributed by atoms with Crippen LogP contribution in [0.4, 0.5) is 4.39 Å². The van der Waals surface area contributed by atoms with Gasteiger partial charge in [-0.1, -0.05) is 68.8 Å². The summed E-state index contributed by atoms with van der Waals surface area (Å²) in [5.74, 6) is 2.09. The van der Waals surface area contributed by atoms with Gasteiger partial charge in [-0.2, -0.15) is 0 Å². The SMILES string of the molecule is C=Cc1ccc(C2CCC(c3cc4ccc(C5CCC(CCC)CC5)c(F)c4c(=O)o3)CC2)cc1. The molecule has 35 heavy (non-hydrogen) atoms. The first-order valence-corrected chi connectivity index (χ1v) is 13.6. The van der Waals surface area contributed by atoms with Crippen LogP contribution >= 0.6 is 0 Å². The maximum Gasteiger partial charge on any atom is 0.346 e. The molecule has 0 radical (unpaired) electrons. The lowest BCUT2D eigenvalue weighted by Gasteiger charge is -2.29. The standard InChI is InChI=1S/C32H37FO2/c1-3-5-22-8-12-25(13-9-22)28-19-18-27-20-29(35-32(34)30(27)31(28)33)26-16-14-24(15-17-26)23-10-6-21(4-2)7-11-23/h4,6-7,10-11,18-20,22,24-26H,2-3,5,8-9,12-17H2,1H3. The summed E-state index contributed by atoms with van der Waals surface area (Å²) in [4.78, 5) is 13.0. The molecule has 2 aliphatic rings. The zero-order valence-electron chi connectivity index (χ0n) is 20.9. The van der Waals surface area contributed by atoms with Gasteiger partial charge >= 0.3 is 5.63 Å². The second-order valence-electron chi connectivity index (χ2n) is 10.8. The number of rotatable bonds is 6. The molecule has 2 saturated carbocycles. The zero-order valence-corrected chi connectivity index (χ0v) is 20.9. The van der Waals surface area contributed by atoms with Crippen molar-refractivity contribution in [3.05, 3.63) is 87.7 Å². The van der Waals surface area contributed by atoms with Gasteiger partial charge in [0.2, 0.25) is 0 Å². The van der Waals surface area contributed by atoms with Crippen molar-refractivity contribution in [1.82, 2.24) is 0 Å². The van der Waals surface area contributed by atoms with Gasteiger partial charge < -0.3 is 4.42 Å². The fourth-order valence-corrected chi connectivity index (χ4v) is 6.58. The minimum Gasteiger partial charge on any atom is -0.427 e. The third-order valence-corrected chi connectivity index (χ3v) is 8.67. The summed E-state index contributed by atoms with van der Waals surface area (Å²) in [5.41, 5.74) is 2.70. The van der Waals surface area contributed by atoms with Crippen molar-refractivity contribution >= 4 is 16.8 Å². The van der Waals surface area contributed by atoms with E-state index in [1.54, 1.807) is 0 Å².